The minimum Gasteiger partial charge on any atom is -0.398 e. The highest BCUT2D eigenvalue weighted by atomic mass is 15.1. The summed E-state index contributed by atoms with van der Waals surface area (Å²) < 4.78 is 0. The summed E-state index contributed by atoms with van der Waals surface area (Å²) >= 11 is 0. The average molecular weight is 175 g/mol. The van der Waals surface area contributed by atoms with Crippen LogP contribution in [0.4, 0.5) is 5.69 Å². The van der Waals surface area contributed by atoms with E-state index in [1.807, 2.05) is 0 Å². The lowest BCUT2D eigenvalue weighted by Gasteiger charge is -1.96. The maximum atomic E-state index is 8.01. The molecule has 0 bridgehead atoms. The van der Waals surface area contributed by atoms with Crippen LogP contribution in [-0.2, 0) is 0 Å². The number of rotatable bonds is 3. The summed E-state index contributed by atoms with van der Waals surface area (Å²) in [5, 5.41) is 3.35. The molecule has 0 aliphatic carbocycles. The molecule has 0 aliphatic rings. The Morgan fingerprint density at radius 2 is 2.54 bits per heavy atom. The van der Waals surface area contributed by atoms with Crippen LogP contribution in [0.15, 0.2) is 29.7 Å². The van der Waals surface area contributed by atoms with E-state index in [4.69, 9.17) is 11.3 Å². The highest BCUT2D eigenvalue weighted by Crippen LogP contribution is 2.09. The number of nitrogens with two attached hydrogens (primary N) is 1. The van der Waals surface area contributed by atoms with Crippen molar-refractivity contribution >= 4 is 11.8 Å². The summed E-state index contributed by atoms with van der Waals surface area (Å²) in [6, 6.07) is 1.72. The first-order valence-electron chi connectivity index (χ1n) is 3.71. The zero-order valence-electron chi connectivity index (χ0n) is 6.96. The Hall–Kier alpha value is -2.00. The Labute approximate surface area is 75.5 Å². The highest BCUT2D eigenvalue weighted by Gasteiger charge is 1.90. The Bertz CT molecular complexity index is 351. The molecule has 5 heteroatoms. The first-order valence-corrected chi connectivity index (χ1v) is 3.71. The Balaban J connectivity index is 2.68. The number of nitrogens with zero attached hydrogens (tertiary/aromatic N) is 4. The molecule has 0 amide bonds. The third kappa shape index (κ3) is 2.84. The van der Waals surface area contributed by atoms with Gasteiger partial charge in [-0.05, 0) is 11.6 Å². The van der Waals surface area contributed by atoms with E-state index in [0.29, 0.717) is 12.2 Å². The SMILES string of the molecule is [N-]=[N+]=NCC=Cc1cnccc1N. The van der Waals surface area contributed by atoms with Gasteiger partial charge in [0.2, 0.25) is 0 Å². The third-order valence-corrected chi connectivity index (χ3v) is 1.43. The number of hydrogen-bond acceptors (Lipinski definition) is 3. The Morgan fingerprint density at radius 1 is 1.69 bits per heavy atom. The summed E-state index contributed by atoms with van der Waals surface area (Å²) in [5.74, 6) is 0. The molecule has 0 saturated heterocycles. The molecule has 1 heterocycles. The lowest BCUT2D eigenvalue weighted by Crippen LogP contribution is -1.89. The quantitative estimate of drug-likeness (QED) is 0.432. The molecule has 0 spiro atoms. The molecule has 2 N–H and O–H groups in total. The van der Waals surface area contributed by atoms with Gasteiger partial charge >= 0.3 is 0 Å². The lowest BCUT2D eigenvalue weighted by molar-refractivity contribution is 1.22. The number of hydrogen-bond donors (Lipinski definition) is 1. The van der Waals surface area contributed by atoms with Gasteiger partial charge in [-0.1, -0.05) is 17.3 Å². The number of azide groups is 1. The summed E-state index contributed by atoms with van der Waals surface area (Å²) in [6.45, 7) is 0.324. The Kier molecular flexibility index (Phi) is 3.35. The fourth-order valence-corrected chi connectivity index (χ4v) is 0.820. The molecule has 1 rings (SSSR count). The van der Waals surface area contributed by atoms with Gasteiger partial charge in [0.05, 0.1) is 0 Å². The van der Waals surface area contributed by atoms with Gasteiger partial charge in [0.25, 0.3) is 0 Å². The van der Waals surface area contributed by atoms with Crippen LogP contribution in [0.3, 0.4) is 0 Å². The monoisotopic (exact) mass is 175 g/mol. The first-order chi connectivity index (χ1) is 6.34. The summed E-state index contributed by atoms with van der Waals surface area (Å²) in [5.41, 5.74) is 15.1. The van der Waals surface area contributed by atoms with E-state index < -0.39 is 0 Å². The van der Waals surface area contributed by atoms with Crippen molar-refractivity contribution in [2.45, 2.75) is 0 Å². The fraction of sp³-hybridized carbons (Fsp3) is 0.125. The molecule has 0 aromatic carbocycles. The van der Waals surface area contributed by atoms with Gasteiger partial charge in [-0.15, -0.1) is 0 Å². The number of nitrogen functional groups attached to an aromatic ring is 1. The van der Waals surface area contributed by atoms with E-state index in [0.717, 1.165) is 5.56 Å². The van der Waals surface area contributed by atoms with E-state index in [1.165, 1.54) is 0 Å². The second-order valence-electron chi connectivity index (χ2n) is 2.32. The van der Waals surface area contributed by atoms with E-state index in [2.05, 4.69) is 15.0 Å². The van der Waals surface area contributed by atoms with Crippen molar-refractivity contribution in [1.82, 2.24) is 4.98 Å². The molecule has 0 saturated carbocycles. The van der Waals surface area contributed by atoms with Crippen LogP contribution in [0.1, 0.15) is 5.56 Å². The lowest BCUT2D eigenvalue weighted by atomic mass is 10.2. The van der Waals surface area contributed by atoms with Gasteiger partial charge in [-0.3, -0.25) is 4.98 Å². The van der Waals surface area contributed by atoms with Crippen LogP contribution < -0.4 is 5.73 Å². The molecule has 1 aromatic heterocycles. The molecule has 0 radical (unpaired) electrons. The average Bonchev–Trinajstić information content (AvgIpc) is 2.15. The van der Waals surface area contributed by atoms with Crippen molar-refractivity contribution < 1.29 is 0 Å². The molecule has 1 aromatic rings. The van der Waals surface area contributed by atoms with Crippen molar-refractivity contribution in [3.8, 4) is 0 Å². The van der Waals surface area contributed by atoms with Crippen molar-refractivity contribution in [3.05, 3.63) is 40.5 Å². The van der Waals surface area contributed by atoms with Crippen LogP contribution in [0.5, 0.6) is 0 Å². The van der Waals surface area contributed by atoms with Crippen LogP contribution >= 0.6 is 0 Å². The molecular weight excluding hydrogens is 166 g/mol. The fourth-order valence-electron chi connectivity index (χ4n) is 0.820. The van der Waals surface area contributed by atoms with Gasteiger partial charge < -0.3 is 5.73 Å². The largest absolute Gasteiger partial charge is 0.398 e. The molecule has 0 atom stereocenters. The van der Waals surface area contributed by atoms with Gasteiger partial charge in [-0.2, -0.15) is 0 Å². The first kappa shape index (κ1) is 9.09. The zero-order chi connectivity index (χ0) is 9.52. The maximum absolute atomic E-state index is 8.01. The third-order valence-electron chi connectivity index (χ3n) is 1.43. The van der Waals surface area contributed by atoms with Crippen molar-refractivity contribution in [3.63, 3.8) is 0 Å². The summed E-state index contributed by atoms with van der Waals surface area (Å²) in [6.07, 6.45) is 6.78. The zero-order valence-corrected chi connectivity index (χ0v) is 6.96. The predicted octanol–water partition coefficient (Wildman–Crippen LogP) is 1.99. The molecule has 13 heavy (non-hydrogen) atoms. The number of pyridine rings is 1. The van der Waals surface area contributed by atoms with E-state index in [9.17, 15) is 0 Å². The smallest absolute Gasteiger partial charge is 0.0443 e. The molecule has 66 valence electrons. The molecular formula is C8H9N5. The molecule has 5 nitrogen and oxygen atoms in total. The van der Waals surface area contributed by atoms with Gasteiger partial charge in [-0.25, -0.2) is 0 Å². The maximum Gasteiger partial charge on any atom is 0.0443 e. The predicted molar refractivity (Wildman–Crippen MR) is 51.7 cm³/mol. The van der Waals surface area contributed by atoms with Crippen LogP contribution in [0.2, 0.25) is 0 Å². The Morgan fingerprint density at radius 3 is 3.23 bits per heavy atom. The highest BCUT2D eigenvalue weighted by molar-refractivity contribution is 5.62. The van der Waals surface area contributed by atoms with E-state index in [1.54, 1.807) is 30.6 Å². The normalized spacial score (nSPS) is 9.85. The number of aromatic nitrogens is 1. The van der Waals surface area contributed by atoms with Gasteiger partial charge in [0, 0.05) is 35.1 Å². The molecule has 0 aliphatic heterocycles. The van der Waals surface area contributed by atoms with Crippen molar-refractivity contribution in [2.24, 2.45) is 5.11 Å². The number of anilines is 1. The van der Waals surface area contributed by atoms with Crippen molar-refractivity contribution in [2.75, 3.05) is 12.3 Å². The van der Waals surface area contributed by atoms with Crippen LogP contribution in [-0.4, -0.2) is 11.5 Å². The molecule has 0 unspecified atom stereocenters. The van der Waals surface area contributed by atoms with E-state index in [-0.39, 0.29) is 0 Å². The molecule has 0 fully saturated rings. The van der Waals surface area contributed by atoms with Gasteiger partial charge in [0.15, 0.2) is 0 Å². The van der Waals surface area contributed by atoms with E-state index >= 15 is 0 Å². The minimum absolute atomic E-state index is 0.324. The second-order valence-corrected chi connectivity index (χ2v) is 2.32. The van der Waals surface area contributed by atoms with Crippen LogP contribution in [0, 0.1) is 0 Å². The van der Waals surface area contributed by atoms with Crippen molar-refractivity contribution in [1.29, 1.82) is 0 Å². The standard InChI is InChI=1S/C8H9N5/c9-8-3-5-11-6-7(8)2-1-4-12-13-10/h1-3,5-6H,4H2,(H2,9,11). The summed E-state index contributed by atoms with van der Waals surface area (Å²) in [4.78, 5) is 6.53. The van der Waals surface area contributed by atoms with Crippen LogP contribution in [0.25, 0.3) is 16.5 Å². The minimum atomic E-state index is 0.324. The van der Waals surface area contributed by atoms with Gasteiger partial charge in [0.1, 0.15) is 0 Å². The second kappa shape index (κ2) is 4.79. The topological polar surface area (TPSA) is 87.7 Å². The summed E-state index contributed by atoms with van der Waals surface area (Å²) in [7, 11) is 0.